The minimum Gasteiger partial charge on any atom is -0.275 e. The van der Waals surface area contributed by atoms with E-state index in [1.807, 2.05) is 0 Å². The van der Waals surface area contributed by atoms with E-state index in [0.29, 0.717) is 6.16 Å². The number of rotatable bonds is 5. The van der Waals surface area contributed by atoms with Crippen LogP contribution in [0.5, 0.6) is 0 Å². The molecular weight excluding hydrogens is 179 g/mol. The van der Waals surface area contributed by atoms with Crippen LogP contribution in [0.25, 0.3) is 0 Å². The first-order chi connectivity index (χ1) is 5.33. The van der Waals surface area contributed by atoms with Crippen LogP contribution in [-0.2, 0) is 4.57 Å². The lowest BCUT2D eigenvalue weighted by molar-refractivity contribution is 0.600. The minimum absolute atomic E-state index is 0.162. The second kappa shape index (κ2) is 16.6. The highest BCUT2D eigenvalue weighted by Crippen LogP contribution is 1.93. The zero-order valence-electron chi connectivity index (χ0n) is 7.05. The summed E-state index contributed by atoms with van der Waals surface area (Å²) >= 11 is 5.38. The second-order valence-corrected chi connectivity index (χ2v) is 3.00. The van der Waals surface area contributed by atoms with Gasteiger partial charge in [-0.3, -0.25) is 4.57 Å². The molecule has 0 atom stereocenters. The Morgan fingerprint density at radius 2 is 2.18 bits per heavy atom. The lowest BCUT2D eigenvalue weighted by Gasteiger charge is -1.84. The fourth-order valence-corrected chi connectivity index (χ4v) is 0.692. The van der Waals surface area contributed by atoms with Gasteiger partial charge in [0, 0.05) is 12.0 Å². The molecule has 0 spiro atoms. The highest BCUT2D eigenvalue weighted by Gasteiger charge is 1.76. The van der Waals surface area contributed by atoms with Crippen molar-refractivity contribution < 1.29 is 4.57 Å². The molecule has 0 aliphatic carbocycles. The summed E-state index contributed by atoms with van der Waals surface area (Å²) in [5.41, 5.74) is 0. The third kappa shape index (κ3) is 25.4. The fourth-order valence-electron chi connectivity index (χ4n) is 0.397. The topological polar surface area (TPSA) is 17.1 Å². The molecule has 0 saturated carbocycles. The maximum absolute atomic E-state index is 9.43. The first kappa shape index (κ1) is 13.7. The number of alkyl halides is 1. The van der Waals surface area contributed by atoms with Crippen molar-refractivity contribution in [1.82, 2.24) is 0 Å². The molecule has 0 amide bonds. The average molecular weight is 195 g/mol. The van der Waals surface area contributed by atoms with Crippen molar-refractivity contribution >= 4 is 20.1 Å². The van der Waals surface area contributed by atoms with E-state index in [-0.39, 0.29) is 8.46 Å². The molecule has 0 saturated heterocycles. The number of allylic oxidation sites excluding steroid dienone is 1. The maximum Gasteiger partial charge on any atom is 0.159 e. The molecule has 0 rings (SSSR count). The van der Waals surface area contributed by atoms with Gasteiger partial charge in [-0.2, -0.15) is 0 Å². The minimum atomic E-state index is 0.162. The summed E-state index contributed by atoms with van der Waals surface area (Å²) in [7, 11) is 0.162. The lowest BCUT2D eigenvalue weighted by Crippen LogP contribution is -1.70. The van der Waals surface area contributed by atoms with Crippen LogP contribution in [0.3, 0.4) is 0 Å². The monoisotopic (exact) mass is 194 g/mol. The van der Waals surface area contributed by atoms with Crippen LogP contribution in [-0.4, -0.2) is 12.0 Å². The van der Waals surface area contributed by atoms with E-state index in [1.54, 1.807) is 6.08 Å². The number of hydrogen-bond donors (Lipinski definition) is 0. The summed E-state index contributed by atoms with van der Waals surface area (Å²) in [4.78, 5) is 0. The van der Waals surface area contributed by atoms with Crippen LogP contribution in [0.4, 0.5) is 0 Å². The predicted molar refractivity (Wildman–Crippen MR) is 52.9 cm³/mol. The van der Waals surface area contributed by atoms with E-state index in [0.717, 1.165) is 5.88 Å². The van der Waals surface area contributed by atoms with E-state index in [9.17, 15) is 4.57 Å². The Balaban J connectivity index is 0. The van der Waals surface area contributed by atoms with Crippen molar-refractivity contribution in [2.24, 2.45) is 0 Å². The third-order valence-corrected chi connectivity index (χ3v) is 1.62. The summed E-state index contributed by atoms with van der Waals surface area (Å²) < 4.78 is 9.43. The molecule has 0 heterocycles. The number of hydrogen-bond acceptors (Lipinski definition) is 1. The molecule has 0 aromatic carbocycles. The van der Waals surface area contributed by atoms with Gasteiger partial charge < -0.3 is 0 Å². The van der Waals surface area contributed by atoms with Crippen molar-refractivity contribution in [3.05, 3.63) is 12.7 Å². The van der Waals surface area contributed by atoms with Gasteiger partial charge in [-0.05, 0) is 6.42 Å². The quantitative estimate of drug-likeness (QED) is 0.281. The van der Waals surface area contributed by atoms with E-state index >= 15 is 0 Å². The Bertz CT molecular complexity index is 76.2. The normalized spacial score (nSPS) is 8.55. The van der Waals surface area contributed by atoms with E-state index in [2.05, 4.69) is 13.5 Å². The molecule has 0 aliphatic heterocycles. The fraction of sp³-hybridized carbons (Fsp3) is 0.750. The van der Waals surface area contributed by atoms with Gasteiger partial charge in [-0.1, -0.05) is 25.8 Å². The SMILES string of the molecule is C=CCP=O.CCCCCCl. The molecular formula is C8H16ClOP. The zero-order valence-corrected chi connectivity index (χ0v) is 8.70. The molecule has 0 aromatic heterocycles. The summed E-state index contributed by atoms with van der Waals surface area (Å²) in [5.74, 6) is 0.827. The molecule has 11 heavy (non-hydrogen) atoms. The van der Waals surface area contributed by atoms with Crippen LogP contribution < -0.4 is 0 Å². The molecule has 3 heteroatoms. The summed E-state index contributed by atoms with van der Waals surface area (Å²) in [6.45, 7) is 5.52. The molecule has 1 nitrogen and oxygen atoms in total. The Kier molecular flexibility index (Phi) is 20.7. The van der Waals surface area contributed by atoms with Crippen molar-refractivity contribution in [2.45, 2.75) is 26.2 Å². The molecule has 0 fully saturated rings. The molecule has 66 valence electrons. The van der Waals surface area contributed by atoms with Gasteiger partial charge in [-0.15, -0.1) is 18.2 Å². The van der Waals surface area contributed by atoms with Crippen molar-refractivity contribution in [2.75, 3.05) is 12.0 Å². The van der Waals surface area contributed by atoms with Crippen LogP contribution in [0.15, 0.2) is 12.7 Å². The molecule has 0 radical (unpaired) electrons. The largest absolute Gasteiger partial charge is 0.275 e. The molecule has 0 N–H and O–H groups in total. The van der Waals surface area contributed by atoms with Gasteiger partial charge in [0.05, 0.1) is 0 Å². The average Bonchev–Trinajstić information content (AvgIpc) is 2.04. The van der Waals surface area contributed by atoms with E-state index < -0.39 is 0 Å². The van der Waals surface area contributed by atoms with E-state index in [1.165, 1.54) is 19.3 Å². The second-order valence-electron chi connectivity index (χ2n) is 2.00. The van der Waals surface area contributed by atoms with Crippen molar-refractivity contribution in [3.63, 3.8) is 0 Å². The predicted octanol–water partition coefficient (Wildman–Crippen LogP) is 3.88. The first-order valence-corrected chi connectivity index (χ1v) is 5.32. The highest BCUT2D eigenvalue weighted by molar-refractivity contribution is 7.23. The highest BCUT2D eigenvalue weighted by atomic mass is 35.5. The summed E-state index contributed by atoms with van der Waals surface area (Å²) in [6, 6.07) is 0. The molecule has 0 aliphatic rings. The third-order valence-electron chi connectivity index (χ3n) is 0.941. The van der Waals surface area contributed by atoms with Gasteiger partial charge in [0.25, 0.3) is 0 Å². The standard InChI is InChI=1S/C5H11Cl.C3H5OP/c1-2-3-4-5-6;1-2-3-5-4/h2-5H2,1H3;2H,1,3H2. The van der Waals surface area contributed by atoms with Crippen LogP contribution >= 0.6 is 20.1 Å². The van der Waals surface area contributed by atoms with Gasteiger partial charge in [0.2, 0.25) is 0 Å². The van der Waals surface area contributed by atoms with Crippen LogP contribution in [0.1, 0.15) is 26.2 Å². The number of halogens is 1. The summed E-state index contributed by atoms with van der Waals surface area (Å²) in [6.07, 6.45) is 5.91. The molecule has 0 unspecified atom stereocenters. The van der Waals surface area contributed by atoms with Crippen molar-refractivity contribution in [1.29, 1.82) is 0 Å². The van der Waals surface area contributed by atoms with Gasteiger partial charge in [0.1, 0.15) is 0 Å². The zero-order chi connectivity index (χ0) is 8.95. The molecule has 0 aromatic rings. The summed E-state index contributed by atoms with van der Waals surface area (Å²) in [5, 5.41) is 0. The lowest BCUT2D eigenvalue weighted by atomic mass is 10.3. The van der Waals surface area contributed by atoms with Gasteiger partial charge in [0.15, 0.2) is 8.46 Å². The smallest absolute Gasteiger partial charge is 0.159 e. The first-order valence-electron chi connectivity index (χ1n) is 3.79. The van der Waals surface area contributed by atoms with Crippen LogP contribution in [0, 0.1) is 0 Å². The van der Waals surface area contributed by atoms with Crippen LogP contribution in [0.2, 0.25) is 0 Å². The van der Waals surface area contributed by atoms with Gasteiger partial charge >= 0.3 is 0 Å². The Morgan fingerprint density at radius 1 is 1.55 bits per heavy atom. The Labute approximate surface area is 76.0 Å². The Morgan fingerprint density at radius 3 is 2.27 bits per heavy atom. The van der Waals surface area contributed by atoms with Gasteiger partial charge in [-0.25, -0.2) is 0 Å². The van der Waals surface area contributed by atoms with Crippen molar-refractivity contribution in [3.8, 4) is 0 Å². The number of unbranched alkanes of at least 4 members (excludes halogenated alkanes) is 2. The maximum atomic E-state index is 9.43. The van der Waals surface area contributed by atoms with E-state index in [4.69, 9.17) is 11.6 Å². The Hall–Kier alpha value is 0.130. The molecule has 0 bridgehead atoms.